The van der Waals surface area contributed by atoms with Crippen molar-refractivity contribution in [3.63, 3.8) is 0 Å². The van der Waals surface area contributed by atoms with E-state index in [0.29, 0.717) is 0 Å². The van der Waals surface area contributed by atoms with E-state index in [1.54, 1.807) is 11.3 Å². The first-order valence-corrected chi connectivity index (χ1v) is 7.12. The summed E-state index contributed by atoms with van der Waals surface area (Å²) in [5, 5.41) is 2.99. The number of nitrogens with two attached hydrogens (primary N) is 1. The highest BCUT2D eigenvalue weighted by Gasteiger charge is 2.10. The first-order valence-electron chi connectivity index (χ1n) is 6.30. The highest BCUT2D eigenvalue weighted by molar-refractivity contribution is 7.16. The number of benzene rings is 1. The molecule has 3 aromatic rings. The average molecular weight is 269 g/mol. The van der Waals surface area contributed by atoms with Gasteiger partial charge < -0.3 is 5.73 Å². The number of hydrogen-bond acceptors (Lipinski definition) is 4. The van der Waals surface area contributed by atoms with E-state index in [1.165, 1.54) is 0 Å². The van der Waals surface area contributed by atoms with Gasteiger partial charge in [-0.2, -0.15) is 0 Å². The second kappa shape index (κ2) is 4.63. The summed E-state index contributed by atoms with van der Waals surface area (Å²) in [4.78, 5) is 9.10. The molecule has 2 heterocycles. The second-order valence-electron chi connectivity index (χ2n) is 4.53. The Kier molecular flexibility index (Phi) is 2.95. The van der Waals surface area contributed by atoms with Gasteiger partial charge in [-0.05, 0) is 31.5 Å². The van der Waals surface area contributed by atoms with Gasteiger partial charge in [-0.25, -0.2) is 4.98 Å². The summed E-state index contributed by atoms with van der Waals surface area (Å²) in [5.74, 6) is 0. The Labute approximate surface area is 116 Å². The van der Waals surface area contributed by atoms with Crippen LogP contribution in [0.5, 0.6) is 0 Å². The van der Waals surface area contributed by atoms with Gasteiger partial charge in [0.05, 0.1) is 10.5 Å². The Hall–Kier alpha value is -1.94. The molecule has 0 spiro atoms. The number of pyridine rings is 1. The number of hydrogen-bond donors (Lipinski definition) is 1. The average Bonchev–Trinajstić information content (AvgIpc) is 2.79. The molecule has 0 saturated carbocycles. The minimum absolute atomic E-state index is 0.788. The molecule has 0 aliphatic rings. The third-order valence-corrected chi connectivity index (χ3v) is 4.13. The maximum Gasteiger partial charge on any atom is 0.114 e. The number of nitrogen functional groups attached to an aromatic ring is 1. The zero-order valence-corrected chi connectivity index (χ0v) is 11.8. The summed E-state index contributed by atoms with van der Waals surface area (Å²) in [6, 6.07) is 10.3. The molecule has 0 atom stereocenters. The quantitative estimate of drug-likeness (QED) is 0.769. The topological polar surface area (TPSA) is 51.8 Å². The lowest BCUT2D eigenvalue weighted by molar-refractivity contribution is 1.10. The number of fused-ring (bicyclic) bond motifs is 1. The summed E-state index contributed by atoms with van der Waals surface area (Å²) >= 11 is 1.57. The fraction of sp³-hybridized carbons (Fsp3) is 0.200. The van der Waals surface area contributed by atoms with Gasteiger partial charge in [0.2, 0.25) is 0 Å². The first kappa shape index (κ1) is 12.1. The van der Waals surface area contributed by atoms with E-state index >= 15 is 0 Å². The lowest BCUT2D eigenvalue weighted by Crippen LogP contribution is -1.88. The molecule has 0 fully saturated rings. The van der Waals surface area contributed by atoms with Crippen molar-refractivity contribution in [2.45, 2.75) is 20.3 Å². The van der Waals surface area contributed by atoms with E-state index in [4.69, 9.17) is 5.73 Å². The predicted octanol–water partition coefficient (Wildman–Crippen LogP) is 3.81. The summed E-state index contributed by atoms with van der Waals surface area (Å²) in [7, 11) is 0. The molecule has 3 rings (SSSR count). The molecule has 0 aliphatic heterocycles. The van der Waals surface area contributed by atoms with Gasteiger partial charge in [-0.15, -0.1) is 11.3 Å². The van der Waals surface area contributed by atoms with Gasteiger partial charge in [-0.3, -0.25) is 4.98 Å². The van der Waals surface area contributed by atoms with Crippen LogP contribution in [0.25, 0.3) is 22.2 Å². The van der Waals surface area contributed by atoms with Crippen molar-refractivity contribution in [2.75, 3.05) is 5.73 Å². The van der Waals surface area contributed by atoms with E-state index in [-0.39, 0.29) is 0 Å². The molecule has 0 saturated heterocycles. The largest absolute Gasteiger partial charge is 0.389 e. The van der Waals surface area contributed by atoms with Gasteiger partial charge in [0.25, 0.3) is 0 Å². The number of aryl methyl sites for hydroxylation is 2. The van der Waals surface area contributed by atoms with Gasteiger partial charge >= 0.3 is 0 Å². The normalized spacial score (nSPS) is 11.1. The smallest absolute Gasteiger partial charge is 0.114 e. The molecule has 2 aromatic heterocycles. The summed E-state index contributed by atoms with van der Waals surface area (Å²) in [5.41, 5.74) is 10.0. The highest BCUT2D eigenvalue weighted by atomic mass is 32.1. The van der Waals surface area contributed by atoms with Crippen molar-refractivity contribution in [3.05, 3.63) is 41.0 Å². The molecule has 0 amide bonds. The van der Waals surface area contributed by atoms with Crippen molar-refractivity contribution in [3.8, 4) is 11.3 Å². The van der Waals surface area contributed by atoms with Gasteiger partial charge in [0.1, 0.15) is 10.7 Å². The molecule has 0 bridgehead atoms. The first-order chi connectivity index (χ1) is 9.17. The summed E-state index contributed by atoms with van der Waals surface area (Å²) in [6.45, 7) is 4.09. The van der Waals surface area contributed by atoms with Crippen molar-refractivity contribution in [1.29, 1.82) is 0 Å². The van der Waals surface area contributed by atoms with Crippen molar-refractivity contribution in [2.24, 2.45) is 0 Å². The van der Waals surface area contributed by atoms with Crippen LogP contribution in [0.3, 0.4) is 0 Å². The lowest BCUT2D eigenvalue weighted by atomic mass is 10.1. The molecule has 1 aromatic carbocycles. The molecule has 4 heteroatoms. The van der Waals surface area contributed by atoms with Crippen LogP contribution in [-0.2, 0) is 6.42 Å². The molecule has 19 heavy (non-hydrogen) atoms. The minimum Gasteiger partial charge on any atom is -0.389 e. The van der Waals surface area contributed by atoms with Crippen molar-refractivity contribution < 1.29 is 0 Å². The van der Waals surface area contributed by atoms with Crippen LogP contribution in [0.1, 0.15) is 17.6 Å². The second-order valence-corrected chi connectivity index (χ2v) is 5.65. The number of thiazole rings is 1. The van der Waals surface area contributed by atoms with Crippen LogP contribution < -0.4 is 5.73 Å². The summed E-state index contributed by atoms with van der Waals surface area (Å²) in [6.07, 6.45) is 0.920. The Morgan fingerprint density at radius 2 is 2.00 bits per heavy atom. The van der Waals surface area contributed by atoms with Crippen LogP contribution in [-0.4, -0.2) is 9.97 Å². The highest BCUT2D eigenvalue weighted by Crippen LogP contribution is 2.32. The molecule has 3 nitrogen and oxygen atoms in total. The zero-order valence-electron chi connectivity index (χ0n) is 11.0. The van der Waals surface area contributed by atoms with Crippen LogP contribution in [0.2, 0.25) is 0 Å². The van der Waals surface area contributed by atoms with E-state index in [2.05, 4.69) is 29.0 Å². The van der Waals surface area contributed by atoms with Crippen LogP contribution >= 0.6 is 11.3 Å². The van der Waals surface area contributed by atoms with Crippen molar-refractivity contribution in [1.82, 2.24) is 9.97 Å². The maximum atomic E-state index is 6.06. The van der Waals surface area contributed by atoms with Crippen molar-refractivity contribution >= 4 is 27.2 Å². The number of anilines is 1. The molecular formula is C15H15N3S. The molecule has 0 aliphatic carbocycles. The van der Waals surface area contributed by atoms with Crippen LogP contribution in [0.4, 0.5) is 5.00 Å². The van der Waals surface area contributed by atoms with E-state index in [0.717, 1.165) is 44.3 Å². The molecule has 2 N–H and O–H groups in total. The fourth-order valence-corrected chi connectivity index (χ4v) is 2.91. The minimum atomic E-state index is 0.788. The van der Waals surface area contributed by atoms with Gasteiger partial charge in [0, 0.05) is 16.6 Å². The zero-order chi connectivity index (χ0) is 13.4. The molecule has 0 unspecified atom stereocenters. The number of aromatic nitrogens is 2. The Balaban J connectivity index is 2.14. The van der Waals surface area contributed by atoms with Crippen LogP contribution in [0, 0.1) is 6.92 Å². The fourth-order valence-electron chi connectivity index (χ4n) is 2.11. The Morgan fingerprint density at radius 1 is 1.16 bits per heavy atom. The predicted molar refractivity (Wildman–Crippen MR) is 81.4 cm³/mol. The van der Waals surface area contributed by atoms with E-state index in [9.17, 15) is 0 Å². The van der Waals surface area contributed by atoms with Gasteiger partial charge in [0.15, 0.2) is 0 Å². The maximum absolute atomic E-state index is 6.06. The molecule has 0 radical (unpaired) electrons. The SMILES string of the molecule is CCc1nc(-c2ccc3nc(C)ccc3c2)c(N)s1. The number of rotatable bonds is 2. The summed E-state index contributed by atoms with van der Waals surface area (Å²) < 4.78 is 0. The Morgan fingerprint density at radius 3 is 2.74 bits per heavy atom. The lowest BCUT2D eigenvalue weighted by Gasteiger charge is -2.02. The van der Waals surface area contributed by atoms with Crippen LogP contribution in [0.15, 0.2) is 30.3 Å². The third-order valence-electron chi connectivity index (χ3n) is 3.10. The van der Waals surface area contributed by atoms with E-state index in [1.807, 2.05) is 25.1 Å². The molecular weight excluding hydrogens is 254 g/mol. The third kappa shape index (κ3) is 2.19. The van der Waals surface area contributed by atoms with E-state index < -0.39 is 0 Å². The molecule has 96 valence electrons. The Bertz CT molecular complexity index is 746. The standard InChI is InChI=1S/C15H15N3S/c1-3-13-18-14(15(16)19-13)11-6-7-12-10(8-11)5-4-9(2)17-12/h4-8H,3,16H2,1-2H3. The number of nitrogens with zero attached hydrogens (tertiary/aromatic N) is 2. The van der Waals surface area contributed by atoms with Gasteiger partial charge in [-0.1, -0.05) is 19.1 Å². The monoisotopic (exact) mass is 269 g/mol.